The van der Waals surface area contributed by atoms with Crippen LogP contribution in [-0.4, -0.2) is 77.0 Å². The number of hydrogen-bond acceptors (Lipinski definition) is 7. The molecule has 4 atom stereocenters. The molecule has 140 heavy (non-hydrogen) atoms. The Morgan fingerprint density at radius 1 is 0.279 bits per heavy atom. The van der Waals surface area contributed by atoms with E-state index < -0.39 is 0 Å². The first-order valence-corrected chi connectivity index (χ1v) is 60.7. The van der Waals surface area contributed by atoms with Crippen molar-refractivity contribution in [2.24, 2.45) is 23.7 Å². The lowest BCUT2D eigenvalue weighted by Crippen LogP contribution is -2.28. The van der Waals surface area contributed by atoms with Gasteiger partial charge in [-0.15, -0.1) is 0 Å². The lowest BCUT2D eigenvalue weighted by molar-refractivity contribution is -0.118. The van der Waals surface area contributed by atoms with Crippen LogP contribution in [0.1, 0.15) is 539 Å². The van der Waals surface area contributed by atoms with Gasteiger partial charge in [-0.05, 0) is 267 Å². The number of carbonyl (C=O) groups excluding carboxylic acids is 1. The number of ether oxygens (including phenoxy) is 4. The number of benzene rings is 4. The summed E-state index contributed by atoms with van der Waals surface area (Å²) in [5.74, 6) is 2.97. The van der Waals surface area contributed by atoms with Gasteiger partial charge in [0.2, 0.25) is 0 Å². The van der Waals surface area contributed by atoms with Crippen LogP contribution in [0.2, 0.25) is 0 Å². The molecule has 7 nitrogen and oxygen atoms in total. The molecule has 6 rings (SSSR count). The number of allylic oxidation sites excluding steroid dienone is 10. The van der Waals surface area contributed by atoms with Gasteiger partial charge in [0.1, 0.15) is 5.78 Å². The molecule has 4 aromatic carbocycles. The van der Waals surface area contributed by atoms with Crippen molar-refractivity contribution in [1.82, 2.24) is 5.32 Å². The summed E-state index contributed by atoms with van der Waals surface area (Å²) >= 11 is 0. The molecule has 0 bridgehead atoms. The number of unbranched alkanes of at least 4 members (excludes halogenated alkanes) is 39. The highest BCUT2D eigenvalue weighted by Crippen LogP contribution is 2.32. The fourth-order valence-electron chi connectivity index (χ4n) is 18.4. The van der Waals surface area contributed by atoms with Gasteiger partial charge in [0.15, 0.2) is 0 Å². The van der Waals surface area contributed by atoms with E-state index in [1.807, 2.05) is 0 Å². The Labute approximate surface area is 872 Å². The van der Waals surface area contributed by atoms with Crippen LogP contribution >= 0.6 is 0 Å². The summed E-state index contributed by atoms with van der Waals surface area (Å²) < 4.78 is 23.2. The molecule has 0 spiro atoms. The van der Waals surface area contributed by atoms with E-state index in [0.29, 0.717) is 18.3 Å². The fourth-order valence-corrected chi connectivity index (χ4v) is 18.4. The smallest absolute Gasteiger partial charge is 0.146 e. The van der Waals surface area contributed by atoms with Crippen molar-refractivity contribution in [2.75, 3.05) is 66.1 Å². The molecule has 0 saturated heterocycles. The van der Waals surface area contributed by atoms with Crippen LogP contribution in [-0.2, 0) is 75.1 Å². The lowest BCUT2D eigenvalue weighted by atomic mass is 9.80. The summed E-state index contributed by atoms with van der Waals surface area (Å²) in [6.07, 6.45) is 114. The Bertz CT molecular complexity index is 3150. The third-order valence-electron chi connectivity index (χ3n) is 27.9. The highest BCUT2D eigenvalue weighted by atomic mass is 16.5. The Balaban J connectivity index is 0.00000161. The van der Waals surface area contributed by atoms with E-state index in [9.17, 15) is 4.79 Å². The van der Waals surface area contributed by atoms with Gasteiger partial charge in [-0.2, -0.15) is 0 Å². The molecule has 0 amide bonds. The normalized spacial score (nSPS) is 14.5. The van der Waals surface area contributed by atoms with Crippen LogP contribution in [0.5, 0.6) is 0 Å². The molecule has 2 N–H and O–H groups in total. The van der Waals surface area contributed by atoms with E-state index in [1.54, 1.807) is 33.4 Å². The SMILES string of the molecule is CCCCC/C=C\C/C=C\C/C=C\C/C=C\CCCC(=O)CNCO.CCCCCCCCc1ccccc1CCCCCCCC.CCCCCCCc1ccc(CCCCCCC)cc1.CCCCCCCc1cccc(CCCCCC)c1.CCCCCCc1ccccc1CCCCCC.CCCCOC[C@H]1CC=CC[C@H]1COCCCC.CCCCOC[C@H]1CCCC[C@H]1COCCCC. The molecule has 7 heteroatoms. The van der Waals surface area contributed by atoms with Gasteiger partial charge in [0.05, 0.1) is 26.5 Å². The number of carbonyl (C=O) groups is 1. The maximum atomic E-state index is 11.3. The largest absolute Gasteiger partial charge is 0.381 e. The standard InChI is InChI=1S/C22H37NO2.C22H38.C20H34.C19H32.C18H30.C16H32O2.C16H30O2/c1-2-3-4-5-6-7-8-9-10-11-12-13-14-15-16-17-18-19-22(25)20-23-21-24;1-3-5-7-9-11-13-17-21-19-15-16-20-22(21)18-14-12-10-8-6-4-2;1-3-5-7-9-11-13-19-15-17-20(18-16-19)14-12-10-8-6-4-2;1-3-5-7-9-11-14-19-16-12-15-18(17-19)13-10-8-6-4-2;1-3-5-7-9-13-17-15-11-12-16-18(17)14-10-8-6-4-2;2*1-3-5-11-17-13-15-9-7-8-10-16(15)14-18-12-6-4-2/h6-7,9-10,12-13,15-16,23-24H,2-5,8,11,14,17-21H2,1H3;15-16,19-20H,3-14,17-18H2,1-2H3;15-18H,3-14H2,1-2H3;12,15-17H,3-11,13-14H2,1-2H3;11-12,15-16H,3-10,13-14H2,1-2H3;15-16H,3-14H2,1-2H3;7-8,15-16H,3-6,9-14H2,1-2H3/b7-6-,10-9-,13-12-,16-15-;;;;;;/t;;;;;2*15-,16+. The zero-order chi connectivity index (χ0) is 102. The molecule has 806 valence electrons. The van der Waals surface area contributed by atoms with E-state index in [0.717, 1.165) is 110 Å². The first-order valence-electron chi connectivity index (χ1n) is 60.7. The minimum absolute atomic E-state index is 0.136. The van der Waals surface area contributed by atoms with Crippen molar-refractivity contribution in [3.05, 3.63) is 202 Å². The second-order valence-electron chi connectivity index (χ2n) is 41.2. The van der Waals surface area contributed by atoms with Crippen molar-refractivity contribution in [1.29, 1.82) is 0 Å². The van der Waals surface area contributed by atoms with Gasteiger partial charge in [0.25, 0.3) is 0 Å². The number of ketones is 1. The van der Waals surface area contributed by atoms with Crippen molar-refractivity contribution >= 4 is 5.78 Å². The summed E-state index contributed by atoms with van der Waals surface area (Å²) in [5.41, 5.74) is 12.6. The van der Waals surface area contributed by atoms with Crippen molar-refractivity contribution < 1.29 is 28.8 Å². The maximum Gasteiger partial charge on any atom is 0.146 e. The highest BCUT2D eigenvalue weighted by molar-refractivity contribution is 5.80. The predicted molar refractivity (Wildman–Crippen MR) is 623 cm³/mol. The number of aryl methyl sites for hydroxylation is 8. The highest BCUT2D eigenvalue weighted by Gasteiger charge is 2.26. The number of hydrogen-bond donors (Lipinski definition) is 2. The first kappa shape index (κ1) is 135. The van der Waals surface area contributed by atoms with E-state index in [2.05, 4.69) is 253 Å². The minimum atomic E-state index is -0.136. The van der Waals surface area contributed by atoms with E-state index in [4.69, 9.17) is 24.1 Å². The van der Waals surface area contributed by atoms with Gasteiger partial charge in [0, 0.05) is 46.1 Å². The molecule has 0 radical (unpaired) electrons. The molecule has 1 fully saturated rings. The molecule has 0 aromatic heterocycles. The van der Waals surface area contributed by atoms with E-state index in [1.165, 1.54) is 416 Å². The first-order chi connectivity index (χ1) is 69.1. The Morgan fingerprint density at radius 3 is 0.843 bits per heavy atom. The van der Waals surface area contributed by atoms with Gasteiger partial charge < -0.3 is 24.1 Å². The Morgan fingerprint density at radius 2 is 0.536 bits per heavy atom. The molecule has 0 aliphatic heterocycles. The van der Waals surface area contributed by atoms with Crippen LogP contribution in [0.25, 0.3) is 0 Å². The van der Waals surface area contributed by atoms with Crippen molar-refractivity contribution in [3.8, 4) is 0 Å². The van der Waals surface area contributed by atoms with Crippen molar-refractivity contribution in [3.63, 3.8) is 0 Å². The number of aliphatic hydroxyl groups excluding tert-OH is 1. The van der Waals surface area contributed by atoms with Crippen LogP contribution < -0.4 is 5.32 Å². The lowest BCUT2D eigenvalue weighted by Gasteiger charge is -2.31. The average Bonchev–Trinajstić information content (AvgIpc) is 0.896. The summed E-state index contributed by atoms with van der Waals surface area (Å²) in [6, 6.07) is 36.9. The van der Waals surface area contributed by atoms with Gasteiger partial charge in [-0.25, -0.2) is 0 Å². The van der Waals surface area contributed by atoms with Crippen molar-refractivity contribution in [2.45, 2.75) is 546 Å². The molecular weight excluding hydrogens is 1710 g/mol. The maximum absolute atomic E-state index is 11.3. The number of nitrogens with one attached hydrogen (secondary N) is 1. The molecule has 2 aliphatic rings. The van der Waals surface area contributed by atoms with Gasteiger partial charge >= 0.3 is 0 Å². The number of rotatable bonds is 84. The minimum Gasteiger partial charge on any atom is -0.381 e. The average molecular weight is 1940 g/mol. The summed E-state index contributed by atoms with van der Waals surface area (Å²) in [7, 11) is 0. The molecular formula is C133H233NO6. The molecule has 2 aliphatic carbocycles. The third-order valence-corrected chi connectivity index (χ3v) is 27.9. The molecule has 4 aromatic rings. The molecule has 0 unspecified atom stereocenters. The zero-order valence-electron chi connectivity index (χ0n) is 95.1. The molecule has 0 heterocycles. The van der Waals surface area contributed by atoms with Crippen LogP contribution in [0.3, 0.4) is 0 Å². The summed E-state index contributed by atoms with van der Waals surface area (Å²) in [6.45, 7) is 36.9. The number of aliphatic hydroxyl groups is 1. The van der Waals surface area contributed by atoms with E-state index >= 15 is 0 Å². The van der Waals surface area contributed by atoms with Crippen LogP contribution in [0.15, 0.2) is 158 Å². The Hall–Kier alpha value is -4.99. The monoisotopic (exact) mass is 1940 g/mol. The second-order valence-corrected chi connectivity index (χ2v) is 41.2. The third kappa shape index (κ3) is 89.4. The topological polar surface area (TPSA) is 86.3 Å². The summed E-state index contributed by atoms with van der Waals surface area (Å²) in [5, 5.41) is 11.2. The second kappa shape index (κ2) is 111. The van der Waals surface area contributed by atoms with Gasteiger partial charge in [-0.3, -0.25) is 10.1 Å². The molecule has 1 saturated carbocycles. The van der Waals surface area contributed by atoms with Crippen LogP contribution in [0, 0.1) is 23.7 Å². The quantitative estimate of drug-likeness (QED) is 0.0259. The fraction of sp³-hybridized carbons (Fsp3) is 0.737. The van der Waals surface area contributed by atoms with Crippen LogP contribution in [0.4, 0.5) is 0 Å². The Kier molecular flexibility index (Phi) is 107. The zero-order valence-corrected chi connectivity index (χ0v) is 95.1. The summed E-state index contributed by atoms with van der Waals surface area (Å²) in [4.78, 5) is 11.3. The van der Waals surface area contributed by atoms with Gasteiger partial charge in [-0.1, -0.05) is 498 Å². The number of Topliss-reactive ketones (excluding diaryl/α,β-unsaturated/α-hetero) is 1. The van der Waals surface area contributed by atoms with E-state index in [-0.39, 0.29) is 19.1 Å². The predicted octanol–water partition coefficient (Wildman–Crippen LogP) is 40.3.